The SMILES string of the molecule is NCC1CCCC(C(=O)NCCCCC(N)=O)C1. The highest BCUT2D eigenvalue weighted by Gasteiger charge is 2.25. The van der Waals surface area contributed by atoms with E-state index in [4.69, 9.17) is 11.5 Å². The van der Waals surface area contributed by atoms with Gasteiger partial charge < -0.3 is 16.8 Å². The van der Waals surface area contributed by atoms with E-state index in [1.165, 1.54) is 0 Å². The molecule has 5 heteroatoms. The lowest BCUT2D eigenvalue weighted by Crippen LogP contribution is -2.35. The van der Waals surface area contributed by atoms with Crippen LogP contribution in [-0.4, -0.2) is 24.9 Å². The zero-order chi connectivity index (χ0) is 13.4. The molecule has 0 aliphatic heterocycles. The minimum absolute atomic E-state index is 0.128. The van der Waals surface area contributed by atoms with Crippen LogP contribution in [0.25, 0.3) is 0 Å². The summed E-state index contributed by atoms with van der Waals surface area (Å²) in [6, 6.07) is 0. The van der Waals surface area contributed by atoms with E-state index in [2.05, 4.69) is 5.32 Å². The summed E-state index contributed by atoms with van der Waals surface area (Å²) in [5.74, 6) is 0.499. The molecule has 1 aliphatic rings. The Kier molecular flexibility index (Phi) is 6.72. The lowest BCUT2D eigenvalue weighted by Gasteiger charge is -2.27. The first-order chi connectivity index (χ1) is 8.63. The summed E-state index contributed by atoms with van der Waals surface area (Å²) >= 11 is 0. The molecule has 2 unspecified atom stereocenters. The lowest BCUT2D eigenvalue weighted by atomic mass is 9.81. The topological polar surface area (TPSA) is 98.2 Å². The molecule has 2 amide bonds. The molecule has 18 heavy (non-hydrogen) atoms. The highest BCUT2D eigenvalue weighted by Crippen LogP contribution is 2.28. The first-order valence-corrected chi connectivity index (χ1v) is 6.89. The van der Waals surface area contributed by atoms with Crippen LogP contribution in [-0.2, 0) is 9.59 Å². The Labute approximate surface area is 109 Å². The predicted octanol–water partition coefficient (Wildman–Crippen LogP) is 0.523. The number of unbranched alkanes of at least 4 members (excludes halogenated alkanes) is 1. The van der Waals surface area contributed by atoms with E-state index in [9.17, 15) is 9.59 Å². The van der Waals surface area contributed by atoms with Crippen molar-refractivity contribution in [2.45, 2.75) is 44.9 Å². The van der Waals surface area contributed by atoms with Crippen molar-refractivity contribution in [3.05, 3.63) is 0 Å². The number of amides is 2. The van der Waals surface area contributed by atoms with Crippen molar-refractivity contribution in [1.29, 1.82) is 0 Å². The maximum Gasteiger partial charge on any atom is 0.223 e. The van der Waals surface area contributed by atoms with Crippen molar-refractivity contribution in [2.24, 2.45) is 23.3 Å². The molecule has 0 bridgehead atoms. The van der Waals surface area contributed by atoms with Crippen LogP contribution < -0.4 is 16.8 Å². The number of primary amides is 1. The molecule has 5 nitrogen and oxygen atoms in total. The van der Waals surface area contributed by atoms with Crippen LogP contribution in [0.3, 0.4) is 0 Å². The average Bonchev–Trinajstić information content (AvgIpc) is 2.37. The molecule has 104 valence electrons. The number of carbonyl (C=O) groups is 2. The third-order valence-electron chi connectivity index (χ3n) is 3.64. The fourth-order valence-electron chi connectivity index (χ4n) is 2.52. The Balaban J connectivity index is 2.14. The number of hydrogen-bond donors (Lipinski definition) is 3. The quantitative estimate of drug-likeness (QED) is 0.578. The second-order valence-electron chi connectivity index (χ2n) is 5.18. The van der Waals surface area contributed by atoms with Gasteiger partial charge >= 0.3 is 0 Å². The minimum Gasteiger partial charge on any atom is -0.370 e. The molecule has 0 aromatic carbocycles. The molecule has 5 N–H and O–H groups in total. The van der Waals surface area contributed by atoms with Gasteiger partial charge in [-0.05, 0) is 44.6 Å². The summed E-state index contributed by atoms with van der Waals surface area (Å²) < 4.78 is 0. The molecule has 1 saturated carbocycles. The van der Waals surface area contributed by atoms with Crippen molar-refractivity contribution in [2.75, 3.05) is 13.1 Å². The third kappa shape index (κ3) is 5.49. The Morgan fingerprint density at radius 1 is 1.22 bits per heavy atom. The van der Waals surface area contributed by atoms with Gasteiger partial charge in [0.1, 0.15) is 0 Å². The van der Waals surface area contributed by atoms with E-state index >= 15 is 0 Å². The van der Waals surface area contributed by atoms with Crippen LogP contribution >= 0.6 is 0 Å². The molecular weight excluding hydrogens is 230 g/mol. The van der Waals surface area contributed by atoms with Crippen LogP contribution in [0.5, 0.6) is 0 Å². The zero-order valence-electron chi connectivity index (χ0n) is 11.0. The van der Waals surface area contributed by atoms with E-state index in [0.29, 0.717) is 25.4 Å². The number of rotatable bonds is 7. The Bertz CT molecular complexity index is 281. The Hall–Kier alpha value is -1.10. The zero-order valence-corrected chi connectivity index (χ0v) is 11.0. The second kappa shape index (κ2) is 8.08. The summed E-state index contributed by atoms with van der Waals surface area (Å²) in [5, 5.41) is 2.94. The summed E-state index contributed by atoms with van der Waals surface area (Å²) in [4.78, 5) is 22.4. The molecule has 0 saturated heterocycles. The molecule has 1 rings (SSSR count). The fourth-order valence-corrected chi connectivity index (χ4v) is 2.52. The molecule has 1 aliphatic carbocycles. The summed E-state index contributed by atoms with van der Waals surface area (Å²) in [6.07, 6.45) is 6.09. The molecule has 0 aromatic rings. The van der Waals surface area contributed by atoms with Crippen LogP contribution in [0, 0.1) is 11.8 Å². The van der Waals surface area contributed by atoms with Crippen LogP contribution in [0.2, 0.25) is 0 Å². The van der Waals surface area contributed by atoms with Crippen LogP contribution in [0.4, 0.5) is 0 Å². The van der Waals surface area contributed by atoms with E-state index in [1.807, 2.05) is 0 Å². The predicted molar refractivity (Wildman–Crippen MR) is 70.6 cm³/mol. The Morgan fingerprint density at radius 3 is 2.67 bits per heavy atom. The van der Waals surface area contributed by atoms with Gasteiger partial charge in [0.15, 0.2) is 0 Å². The van der Waals surface area contributed by atoms with Gasteiger partial charge in [0.2, 0.25) is 11.8 Å². The van der Waals surface area contributed by atoms with E-state index < -0.39 is 0 Å². The maximum absolute atomic E-state index is 11.9. The van der Waals surface area contributed by atoms with Gasteiger partial charge in [-0.1, -0.05) is 6.42 Å². The minimum atomic E-state index is -0.278. The molecule has 2 atom stereocenters. The normalized spacial score (nSPS) is 23.6. The van der Waals surface area contributed by atoms with Gasteiger partial charge in [-0.3, -0.25) is 9.59 Å². The van der Waals surface area contributed by atoms with E-state index in [1.54, 1.807) is 0 Å². The van der Waals surface area contributed by atoms with Crippen molar-refractivity contribution in [1.82, 2.24) is 5.32 Å². The van der Waals surface area contributed by atoms with Gasteiger partial charge in [-0.15, -0.1) is 0 Å². The molecule has 0 spiro atoms. The fraction of sp³-hybridized carbons (Fsp3) is 0.846. The smallest absolute Gasteiger partial charge is 0.223 e. The summed E-state index contributed by atoms with van der Waals surface area (Å²) in [5.41, 5.74) is 10.7. The van der Waals surface area contributed by atoms with Gasteiger partial charge in [0.05, 0.1) is 0 Å². The molecule has 0 heterocycles. The lowest BCUT2D eigenvalue weighted by molar-refractivity contribution is -0.126. The van der Waals surface area contributed by atoms with Crippen molar-refractivity contribution in [3.8, 4) is 0 Å². The van der Waals surface area contributed by atoms with E-state index in [0.717, 1.165) is 38.5 Å². The first kappa shape index (κ1) is 15.0. The van der Waals surface area contributed by atoms with E-state index in [-0.39, 0.29) is 17.7 Å². The number of hydrogen-bond acceptors (Lipinski definition) is 3. The maximum atomic E-state index is 11.9. The van der Waals surface area contributed by atoms with Gasteiger partial charge in [-0.25, -0.2) is 0 Å². The molecule has 1 fully saturated rings. The van der Waals surface area contributed by atoms with Crippen LogP contribution in [0.15, 0.2) is 0 Å². The summed E-state index contributed by atoms with van der Waals surface area (Å²) in [7, 11) is 0. The number of nitrogens with one attached hydrogen (secondary N) is 1. The highest BCUT2D eigenvalue weighted by atomic mass is 16.2. The average molecular weight is 255 g/mol. The van der Waals surface area contributed by atoms with Crippen molar-refractivity contribution in [3.63, 3.8) is 0 Å². The van der Waals surface area contributed by atoms with Crippen LogP contribution in [0.1, 0.15) is 44.9 Å². The summed E-state index contributed by atoms with van der Waals surface area (Å²) in [6.45, 7) is 1.32. The molecular formula is C13H25N3O2. The van der Waals surface area contributed by atoms with Gasteiger partial charge in [0, 0.05) is 18.9 Å². The number of carbonyl (C=O) groups excluding carboxylic acids is 2. The highest BCUT2D eigenvalue weighted by molar-refractivity contribution is 5.78. The standard InChI is InChI=1S/C13H25N3O2/c14-9-10-4-3-5-11(8-10)13(18)16-7-2-1-6-12(15)17/h10-11H,1-9,14H2,(H2,15,17)(H,16,18). The van der Waals surface area contributed by atoms with Gasteiger partial charge in [0.25, 0.3) is 0 Å². The van der Waals surface area contributed by atoms with Gasteiger partial charge in [-0.2, -0.15) is 0 Å². The van der Waals surface area contributed by atoms with Crippen molar-refractivity contribution < 1.29 is 9.59 Å². The Morgan fingerprint density at radius 2 is 2.00 bits per heavy atom. The molecule has 0 aromatic heterocycles. The number of nitrogens with two attached hydrogens (primary N) is 2. The largest absolute Gasteiger partial charge is 0.370 e. The third-order valence-corrected chi connectivity index (χ3v) is 3.64. The monoisotopic (exact) mass is 255 g/mol. The molecule has 0 radical (unpaired) electrons. The van der Waals surface area contributed by atoms with Crippen molar-refractivity contribution >= 4 is 11.8 Å². The second-order valence-corrected chi connectivity index (χ2v) is 5.18. The first-order valence-electron chi connectivity index (χ1n) is 6.89.